The van der Waals surface area contributed by atoms with Gasteiger partial charge in [-0.3, -0.25) is 0 Å². The maximum Gasteiger partial charge on any atom is 0.134 e. The molecule has 0 bridgehead atoms. The highest BCUT2D eigenvalue weighted by molar-refractivity contribution is 5.57. The first kappa shape index (κ1) is 17.7. The summed E-state index contributed by atoms with van der Waals surface area (Å²) in [5.41, 5.74) is 1.06. The third-order valence-corrected chi connectivity index (χ3v) is 3.65. The summed E-state index contributed by atoms with van der Waals surface area (Å²) in [5.74, 6) is 3.17. The Kier molecular flexibility index (Phi) is 8.05. The minimum atomic E-state index is 0.248. The van der Waals surface area contributed by atoms with Gasteiger partial charge < -0.3 is 15.7 Å². The smallest absolute Gasteiger partial charge is 0.134 e. The predicted molar refractivity (Wildman–Crippen MR) is 88.9 cm³/mol. The van der Waals surface area contributed by atoms with Gasteiger partial charge >= 0.3 is 0 Å². The summed E-state index contributed by atoms with van der Waals surface area (Å²) in [6.07, 6.45) is 3.92. The molecular formula is C16H30N4O. The van der Waals surface area contributed by atoms with Crippen LogP contribution in [0.25, 0.3) is 0 Å². The minimum absolute atomic E-state index is 0.248. The maximum absolute atomic E-state index is 9.15. The number of aliphatic hydroxyl groups excluding tert-OH is 1. The monoisotopic (exact) mass is 294 g/mol. The lowest BCUT2D eigenvalue weighted by Gasteiger charge is -2.18. The summed E-state index contributed by atoms with van der Waals surface area (Å²) >= 11 is 0. The highest BCUT2D eigenvalue weighted by atomic mass is 16.3. The number of hydrogen-bond donors (Lipinski definition) is 3. The van der Waals surface area contributed by atoms with Crippen LogP contribution >= 0.6 is 0 Å². The topological polar surface area (TPSA) is 70.1 Å². The van der Waals surface area contributed by atoms with Crippen molar-refractivity contribution in [3.05, 3.63) is 11.4 Å². The maximum atomic E-state index is 9.15. The Hall–Kier alpha value is -1.36. The van der Waals surface area contributed by atoms with Crippen molar-refractivity contribution in [1.82, 2.24) is 9.97 Å². The van der Waals surface area contributed by atoms with E-state index in [1.807, 2.05) is 6.92 Å². The van der Waals surface area contributed by atoms with E-state index in [9.17, 15) is 0 Å². The van der Waals surface area contributed by atoms with E-state index in [4.69, 9.17) is 5.11 Å². The first-order valence-electron chi connectivity index (χ1n) is 8.12. The van der Waals surface area contributed by atoms with Gasteiger partial charge in [-0.15, -0.1) is 0 Å². The van der Waals surface area contributed by atoms with Crippen LogP contribution in [0.1, 0.15) is 51.4 Å². The van der Waals surface area contributed by atoms with Crippen LogP contribution in [0.4, 0.5) is 11.6 Å². The molecule has 21 heavy (non-hydrogen) atoms. The van der Waals surface area contributed by atoms with Crippen LogP contribution in [-0.4, -0.2) is 34.8 Å². The van der Waals surface area contributed by atoms with Gasteiger partial charge in [-0.1, -0.05) is 20.3 Å². The van der Waals surface area contributed by atoms with Gasteiger partial charge in [0.2, 0.25) is 0 Å². The first-order chi connectivity index (χ1) is 10.2. The van der Waals surface area contributed by atoms with Crippen molar-refractivity contribution in [3.63, 3.8) is 0 Å². The fraction of sp³-hybridized carbons (Fsp3) is 0.750. The number of nitrogens with one attached hydrogen (secondary N) is 2. The predicted octanol–water partition coefficient (Wildman–Crippen LogP) is 2.99. The van der Waals surface area contributed by atoms with Gasteiger partial charge in [0.05, 0.1) is 0 Å². The van der Waals surface area contributed by atoms with Crippen molar-refractivity contribution < 1.29 is 5.11 Å². The molecular weight excluding hydrogens is 264 g/mol. The average molecular weight is 294 g/mol. The fourth-order valence-corrected chi connectivity index (χ4v) is 2.41. The van der Waals surface area contributed by atoms with Gasteiger partial charge in [0.1, 0.15) is 17.5 Å². The van der Waals surface area contributed by atoms with Crippen molar-refractivity contribution in [2.45, 2.75) is 53.4 Å². The first-order valence-corrected chi connectivity index (χ1v) is 8.12. The molecule has 0 saturated heterocycles. The fourth-order valence-electron chi connectivity index (χ4n) is 2.41. The number of aromatic nitrogens is 2. The SMILES string of the molecule is CCCC(CCO)CNc1nc(CC)nc(NCC)c1C. The van der Waals surface area contributed by atoms with Gasteiger partial charge in [0.25, 0.3) is 0 Å². The Bertz CT molecular complexity index is 417. The number of hydrogen-bond acceptors (Lipinski definition) is 5. The van der Waals surface area contributed by atoms with E-state index in [1.165, 1.54) is 0 Å². The summed E-state index contributed by atoms with van der Waals surface area (Å²) in [6.45, 7) is 10.3. The summed E-state index contributed by atoms with van der Waals surface area (Å²) in [6, 6.07) is 0. The van der Waals surface area contributed by atoms with Gasteiger partial charge in [0, 0.05) is 31.7 Å². The molecule has 5 heteroatoms. The normalized spacial score (nSPS) is 12.2. The minimum Gasteiger partial charge on any atom is -0.396 e. The third-order valence-electron chi connectivity index (χ3n) is 3.65. The third kappa shape index (κ3) is 5.50. The standard InChI is InChI=1S/C16H30N4O/c1-5-8-13(9-10-21)11-18-16-12(4)15(17-7-3)19-14(6-2)20-16/h13,21H,5-11H2,1-4H3,(H2,17,18,19,20). The zero-order valence-corrected chi connectivity index (χ0v) is 13.9. The summed E-state index contributed by atoms with van der Waals surface area (Å²) in [4.78, 5) is 9.14. The van der Waals surface area contributed by atoms with Crippen molar-refractivity contribution >= 4 is 11.6 Å². The van der Waals surface area contributed by atoms with Crippen LogP contribution in [0.2, 0.25) is 0 Å². The lowest BCUT2D eigenvalue weighted by atomic mass is 10.0. The molecule has 0 aliphatic heterocycles. The Morgan fingerprint density at radius 3 is 2.24 bits per heavy atom. The van der Waals surface area contributed by atoms with E-state index in [1.54, 1.807) is 0 Å². The molecule has 0 aliphatic rings. The van der Waals surface area contributed by atoms with Crippen molar-refractivity contribution in [3.8, 4) is 0 Å². The van der Waals surface area contributed by atoms with E-state index in [2.05, 4.69) is 41.4 Å². The molecule has 0 aromatic carbocycles. The second-order valence-electron chi connectivity index (χ2n) is 5.39. The van der Waals surface area contributed by atoms with Crippen LogP contribution in [-0.2, 0) is 6.42 Å². The highest BCUT2D eigenvalue weighted by Crippen LogP contribution is 2.21. The van der Waals surface area contributed by atoms with Crippen LogP contribution in [0.5, 0.6) is 0 Å². The Morgan fingerprint density at radius 1 is 1.05 bits per heavy atom. The quantitative estimate of drug-likeness (QED) is 0.619. The van der Waals surface area contributed by atoms with Gasteiger partial charge in [-0.25, -0.2) is 9.97 Å². The van der Waals surface area contributed by atoms with Crippen molar-refractivity contribution in [1.29, 1.82) is 0 Å². The van der Waals surface area contributed by atoms with Gasteiger partial charge in [-0.05, 0) is 32.6 Å². The molecule has 1 heterocycles. The molecule has 1 rings (SSSR count). The Balaban J connectivity index is 2.82. The van der Waals surface area contributed by atoms with Crippen LogP contribution < -0.4 is 10.6 Å². The molecule has 1 aromatic heterocycles. The van der Waals surface area contributed by atoms with Gasteiger partial charge in [0.15, 0.2) is 0 Å². The van der Waals surface area contributed by atoms with E-state index in [0.717, 1.165) is 61.8 Å². The molecule has 0 aliphatic carbocycles. The molecule has 120 valence electrons. The van der Waals surface area contributed by atoms with Crippen molar-refractivity contribution in [2.24, 2.45) is 5.92 Å². The molecule has 1 unspecified atom stereocenters. The van der Waals surface area contributed by atoms with E-state index in [0.29, 0.717) is 5.92 Å². The Labute approximate surface area is 128 Å². The second kappa shape index (κ2) is 9.55. The zero-order valence-electron chi connectivity index (χ0n) is 13.9. The lowest BCUT2D eigenvalue weighted by molar-refractivity contribution is 0.255. The van der Waals surface area contributed by atoms with E-state index < -0.39 is 0 Å². The summed E-state index contributed by atoms with van der Waals surface area (Å²) < 4.78 is 0. The largest absolute Gasteiger partial charge is 0.396 e. The second-order valence-corrected chi connectivity index (χ2v) is 5.39. The average Bonchev–Trinajstić information content (AvgIpc) is 2.48. The molecule has 0 amide bonds. The molecule has 0 spiro atoms. The molecule has 3 N–H and O–H groups in total. The van der Waals surface area contributed by atoms with Gasteiger partial charge in [-0.2, -0.15) is 0 Å². The van der Waals surface area contributed by atoms with Crippen LogP contribution in [0, 0.1) is 12.8 Å². The Morgan fingerprint density at radius 2 is 1.71 bits per heavy atom. The van der Waals surface area contributed by atoms with E-state index in [-0.39, 0.29) is 6.61 Å². The molecule has 0 fully saturated rings. The lowest BCUT2D eigenvalue weighted by Crippen LogP contribution is -2.18. The molecule has 1 atom stereocenters. The number of rotatable bonds is 10. The molecule has 1 aromatic rings. The molecule has 0 saturated carbocycles. The molecule has 5 nitrogen and oxygen atoms in total. The van der Waals surface area contributed by atoms with E-state index >= 15 is 0 Å². The number of anilines is 2. The zero-order chi connectivity index (χ0) is 15.7. The summed E-state index contributed by atoms with van der Waals surface area (Å²) in [5, 5.41) is 15.9. The van der Waals surface area contributed by atoms with Crippen LogP contribution in [0.15, 0.2) is 0 Å². The molecule has 0 radical (unpaired) electrons. The summed E-state index contributed by atoms with van der Waals surface area (Å²) in [7, 11) is 0. The number of nitrogens with zero attached hydrogens (tertiary/aromatic N) is 2. The number of aliphatic hydroxyl groups is 1. The highest BCUT2D eigenvalue weighted by Gasteiger charge is 2.12. The number of aryl methyl sites for hydroxylation is 1. The van der Waals surface area contributed by atoms with Crippen molar-refractivity contribution in [2.75, 3.05) is 30.3 Å². The van der Waals surface area contributed by atoms with Crippen LogP contribution in [0.3, 0.4) is 0 Å².